The second kappa shape index (κ2) is 7.37. The summed E-state index contributed by atoms with van der Waals surface area (Å²) in [6.45, 7) is 5.76. The van der Waals surface area contributed by atoms with Crippen molar-refractivity contribution < 1.29 is 0 Å². The van der Waals surface area contributed by atoms with Crippen LogP contribution in [0.3, 0.4) is 0 Å². The van der Waals surface area contributed by atoms with Gasteiger partial charge in [-0.3, -0.25) is 9.88 Å². The molecule has 2 atom stereocenters. The van der Waals surface area contributed by atoms with Gasteiger partial charge in [-0.1, -0.05) is 26.2 Å². The first-order chi connectivity index (χ1) is 10.4. The van der Waals surface area contributed by atoms with Gasteiger partial charge in [-0.25, -0.2) is 0 Å². The molecule has 1 aromatic heterocycles. The van der Waals surface area contributed by atoms with Crippen LogP contribution >= 0.6 is 0 Å². The Morgan fingerprint density at radius 3 is 2.67 bits per heavy atom. The predicted octanol–water partition coefficient (Wildman–Crippen LogP) is 3.21. The Morgan fingerprint density at radius 1 is 1.19 bits per heavy atom. The van der Waals surface area contributed by atoms with Gasteiger partial charge in [0.05, 0.1) is 0 Å². The average Bonchev–Trinajstić information content (AvgIpc) is 2.56. The maximum Gasteiger partial charge on any atom is 0.0271 e. The molecule has 3 heteroatoms. The molecule has 2 aliphatic rings. The SMILES string of the molecule is CCC1CNC(C2CCCCC2)CN1Cc1ccncc1. The molecule has 2 fully saturated rings. The Morgan fingerprint density at radius 2 is 1.95 bits per heavy atom. The molecular formula is C18H29N3. The summed E-state index contributed by atoms with van der Waals surface area (Å²) in [5.41, 5.74) is 1.40. The molecule has 21 heavy (non-hydrogen) atoms. The van der Waals surface area contributed by atoms with Crippen LogP contribution in [-0.4, -0.2) is 35.1 Å². The van der Waals surface area contributed by atoms with E-state index in [1.54, 1.807) is 0 Å². The lowest BCUT2D eigenvalue weighted by atomic mass is 9.82. The molecule has 3 rings (SSSR count). The number of hydrogen-bond donors (Lipinski definition) is 1. The molecule has 2 unspecified atom stereocenters. The third-order valence-electron chi connectivity index (χ3n) is 5.39. The lowest BCUT2D eigenvalue weighted by Crippen LogP contribution is -2.58. The number of hydrogen-bond acceptors (Lipinski definition) is 3. The van der Waals surface area contributed by atoms with Gasteiger partial charge in [0.2, 0.25) is 0 Å². The zero-order chi connectivity index (χ0) is 14.5. The van der Waals surface area contributed by atoms with Gasteiger partial charge in [0.15, 0.2) is 0 Å². The number of nitrogens with zero attached hydrogens (tertiary/aromatic N) is 2. The molecule has 1 saturated carbocycles. The summed E-state index contributed by atoms with van der Waals surface area (Å²) in [5.74, 6) is 0.900. The van der Waals surface area contributed by atoms with E-state index in [0.29, 0.717) is 12.1 Å². The van der Waals surface area contributed by atoms with E-state index >= 15 is 0 Å². The van der Waals surface area contributed by atoms with Crippen molar-refractivity contribution in [2.75, 3.05) is 13.1 Å². The first-order valence-corrected chi connectivity index (χ1v) is 8.73. The van der Waals surface area contributed by atoms with Crippen molar-refractivity contribution in [2.45, 2.75) is 64.1 Å². The van der Waals surface area contributed by atoms with Crippen molar-refractivity contribution in [3.05, 3.63) is 30.1 Å². The summed E-state index contributed by atoms with van der Waals surface area (Å²) in [5, 5.41) is 3.85. The predicted molar refractivity (Wildman–Crippen MR) is 87.1 cm³/mol. The van der Waals surface area contributed by atoms with E-state index in [0.717, 1.165) is 19.0 Å². The van der Waals surface area contributed by atoms with Gasteiger partial charge in [-0.15, -0.1) is 0 Å². The number of aromatic nitrogens is 1. The Hall–Kier alpha value is -0.930. The molecule has 2 heterocycles. The first-order valence-electron chi connectivity index (χ1n) is 8.73. The maximum absolute atomic E-state index is 4.14. The molecule has 0 bridgehead atoms. The molecule has 3 nitrogen and oxygen atoms in total. The molecule has 1 aliphatic heterocycles. The van der Waals surface area contributed by atoms with Crippen molar-refractivity contribution in [2.24, 2.45) is 5.92 Å². The monoisotopic (exact) mass is 287 g/mol. The number of rotatable bonds is 4. The van der Waals surface area contributed by atoms with Gasteiger partial charge in [-0.05, 0) is 42.9 Å². The quantitative estimate of drug-likeness (QED) is 0.921. The molecular weight excluding hydrogens is 258 g/mol. The highest BCUT2D eigenvalue weighted by molar-refractivity contribution is 5.10. The van der Waals surface area contributed by atoms with Gasteiger partial charge in [0, 0.05) is 44.1 Å². The summed E-state index contributed by atoms with van der Waals surface area (Å²) >= 11 is 0. The minimum Gasteiger partial charge on any atom is -0.311 e. The van der Waals surface area contributed by atoms with Gasteiger partial charge < -0.3 is 5.32 Å². The van der Waals surface area contributed by atoms with E-state index in [-0.39, 0.29) is 0 Å². The van der Waals surface area contributed by atoms with Crippen molar-refractivity contribution in [3.63, 3.8) is 0 Å². The summed E-state index contributed by atoms with van der Waals surface area (Å²) < 4.78 is 0. The zero-order valence-electron chi connectivity index (χ0n) is 13.3. The van der Waals surface area contributed by atoms with Crippen LogP contribution in [0, 0.1) is 5.92 Å². The topological polar surface area (TPSA) is 28.2 Å². The molecule has 116 valence electrons. The van der Waals surface area contributed by atoms with Crippen LogP contribution in [0.2, 0.25) is 0 Å². The largest absolute Gasteiger partial charge is 0.311 e. The van der Waals surface area contributed by atoms with Crippen molar-refractivity contribution >= 4 is 0 Å². The van der Waals surface area contributed by atoms with Crippen molar-refractivity contribution in [1.82, 2.24) is 15.2 Å². The van der Waals surface area contributed by atoms with Gasteiger partial charge >= 0.3 is 0 Å². The van der Waals surface area contributed by atoms with Crippen LogP contribution in [0.25, 0.3) is 0 Å². The molecule has 1 aliphatic carbocycles. The van der Waals surface area contributed by atoms with E-state index in [4.69, 9.17) is 0 Å². The van der Waals surface area contributed by atoms with Crippen LogP contribution in [-0.2, 0) is 6.54 Å². The van der Waals surface area contributed by atoms with E-state index < -0.39 is 0 Å². The fourth-order valence-electron chi connectivity index (χ4n) is 4.05. The van der Waals surface area contributed by atoms with Gasteiger partial charge in [-0.2, -0.15) is 0 Å². The van der Waals surface area contributed by atoms with E-state index in [1.165, 1.54) is 50.6 Å². The van der Waals surface area contributed by atoms with Crippen molar-refractivity contribution in [1.29, 1.82) is 0 Å². The van der Waals surface area contributed by atoms with E-state index in [2.05, 4.69) is 34.3 Å². The van der Waals surface area contributed by atoms with Gasteiger partial charge in [0.25, 0.3) is 0 Å². The Labute approximate surface area is 129 Å². The molecule has 0 radical (unpaired) electrons. The lowest BCUT2D eigenvalue weighted by Gasteiger charge is -2.44. The standard InChI is InChI=1S/C18H29N3/c1-2-17-12-20-18(16-6-4-3-5-7-16)14-21(17)13-15-8-10-19-11-9-15/h8-11,16-18,20H,2-7,12-14H2,1H3. The van der Waals surface area contributed by atoms with Crippen LogP contribution in [0.15, 0.2) is 24.5 Å². The zero-order valence-corrected chi connectivity index (χ0v) is 13.3. The molecule has 1 aromatic rings. The number of piperazine rings is 1. The Balaban J connectivity index is 1.64. The second-order valence-electron chi connectivity index (χ2n) is 6.76. The molecule has 0 amide bonds. The molecule has 0 spiro atoms. The minimum atomic E-state index is 0.679. The number of nitrogens with one attached hydrogen (secondary N) is 1. The minimum absolute atomic E-state index is 0.679. The highest BCUT2D eigenvalue weighted by Gasteiger charge is 2.31. The third kappa shape index (κ3) is 3.83. The molecule has 0 aromatic carbocycles. The van der Waals surface area contributed by atoms with Crippen LogP contribution in [0.4, 0.5) is 0 Å². The van der Waals surface area contributed by atoms with Crippen LogP contribution in [0.1, 0.15) is 51.0 Å². The molecule has 1 saturated heterocycles. The third-order valence-corrected chi connectivity index (χ3v) is 5.39. The normalized spacial score (nSPS) is 28.6. The second-order valence-corrected chi connectivity index (χ2v) is 6.76. The van der Waals surface area contributed by atoms with E-state index in [9.17, 15) is 0 Å². The first kappa shape index (κ1) is 15.0. The fraction of sp³-hybridized carbons (Fsp3) is 0.722. The summed E-state index contributed by atoms with van der Waals surface area (Å²) in [6, 6.07) is 5.70. The highest BCUT2D eigenvalue weighted by Crippen LogP contribution is 2.29. The number of pyridine rings is 1. The summed E-state index contributed by atoms with van der Waals surface area (Å²) in [7, 11) is 0. The van der Waals surface area contributed by atoms with Crippen molar-refractivity contribution in [3.8, 4) is 0 Å². The summed E-state index contributed by atoms with van der Waals surface area (Å²) in [6.07, 6.45) is 12.2. The Bertz CT molecular complexity index is 414. The highest BCUT2D eigenvalue weighted by atomic mass is 15.2. The van der Waals surface area contributed by atoms with Crippen LogP contribution in [0.5, 0.6) is 0 Å². The summed E-state index contributed by atoms with van der Waals surface area (Å²) in [4.78, 5) is 6.83. The Kier molecular flexibility index (Phi) is 5.26. The average molecular weight is 287 g/mol. The smallest absolute Gasteiger partial charge is 0.0271 e. The molecule has 1 N–H and O–H groups in total. The maximum atomic E-state index is 4.14. The van der Waals surface area contributed by atoms with E-state index in [1.807, 2.05) is 12.4 Å². The fourth-order valence-corrected chi connectivity index (χ4v) is 4.05. The van der Waals surface area contributed by atoms with Crippen LogP contribution < -0.4 is 5.32 Å². The van der Waals surface area contributed by atoms with Gasteiger partial charge in [0.1, 0.15) is 0 Å². The lowest BCUT2D eigenvalue weighted by molar-refractivity contribution is 0.0873.